The van der Waals surface area contributed by atoms with Crippen LogP contribution in [-0.2, 0) is 11.2 Å². The predicted molar refractivity (Wildman–Crippen MR) is 110 cm³/mol. The largest absolute Gasteiger partial charge is 0.494 e. The Morgan fingerprint density at radius 1 is 1.14 bits per heavy atom. The summed E-state index contributed by atoms with van der Waals surface area (Å²) < 4.78 is 7.33. The Labute approximate surface area is 168 Å². The van der Waals surface area contributed by atoms with E-state index in [2.05, 4.69) is 6.92 Å². The van der Waals surface area contributed by atoms with E-state index in [9.17, 15) is 14.7 Å². The molecule has 0 aliphatic heterocycles. The van der Waals surface area contributed by atoms with Gasteiger partial charge in [-0.25, -0.2) is 0 Å². The SMILES string of the molecule is CCCCOc1ccc2c(c1)c(CC(=O)O)c(C)n2C(=O)c1ccc(Cl)cc1. The van der Waals surface area contributed by atoms with Crippen molar-refractivity contribution in [2.75, 3.05) is 6.61 Å². The van der Waals surface area contributed by atoms with E-state index in [4.69, 9.17) is 16.3 Å². The Morgan fingerprint density at radius 2 is 1.86 bits per heavy atom. The third-order valence-corrected chi connectivity index (χ3v) is 4.95. The summed E-state index contributed by atoms with van der Waals surface area (Å²) in [6.07, 6.45) is 1.80. The maximum atomic E-state index is 13.1. The molecule has 3 rings (SSSR count). The number of aromatic nitrogens is 1. The molecule has 5 nitrogen and oxygen atoms in total. The number of hydrogen-bond donors (Lipinski definition) is 1. The first kappa shape index (κ1) is 20.0. The average molecular weight is 400 g/mol. The second-order valence-corrected chi connectivity index (χ2v) is 7.10. The minimum Gasteiger partial charge on any atom is -0.494 e. The fourth-order valence-corrected chi connectivity index (χ4v) is 3.37. The van der Waals surface area contributed by atoms with Crippen LogP contribution in [0.2, 0.25) is 5.02 Å². The maximum absolute atomic E-state index is 13.1. The highest BCUT2D eigenvalue weighted by Crippen LogP contribution is 2.31. The number of benzene rings is 2. The summed E-state index contributed by atoms with van der Waals surface area (Å²) in [5.74, 6) is -0.502. The van der Waals surface area contributed by atoms with Crippen LogP contribution in [0.1, 0.15) is 41.4 Å². The first-order chi connectivity index (χ1) is 13.4. The highest BCUT2D eigenvalue weighted by molar-refractivity contribution is 6.30. The number of unbranched alkanes of at least 4 members (excludes halogenated alkanes) is 1. The molecule has 3 aromatic rings. The Hall–Kier alpha value is -2.79. The highest BCUT2D eigenvalue weighted by Gasteiger charge is 2.21. The van der Waals surface area contributed by atoms with Gasteiger partial charge < -0.3 is 9.84 Å². The second kappa shape index (κ2) is 8.48. The van der Waals surface area contributed by atoms with Gasteiger partial charge in [-0.05, 0) is 61.4 Å². The normalized spacial score (nSPS) is 11.0. The Kier molecular flexibility index (Phi) is 6.05. The lowest BCUT2D eigenvalue weighted by Gasteiger charge is -2.08. The number of nitrogens with zero attached hydrogens (tertiary/aromatic N) is 1. The van der Waals surface area contributed by atoms with E-state index in [-0.39, 0.29) is 12.3 Å². The molecule has 1 heterocycles. The van der Waals surface area contributed by atoms with Gasteiger partial charge in [-0.3, -0.25) is 14.2 Å². The van der Waals surface area contributed by atoms with E-state index in [1.807, 2.05) is 18.2 Å². The molecule has 0 saturated heterocycles. The molecular weight excluding hydrogens is 378 g/mol. The van der Waals surface area contributed by atoms with Crippen molar-refractivity contribution in [1.29, 1.82) is 0 Å². The van der Waals surface area contributed by atoms with Crippen molar-refractivity contribution in [3.05, 3.63) is 64.3 Å². The number of ether oxygens (including phenoxy) is 1. The number of rotatable bonds is 7. The second-order valence-electron chi connectivity index (χ2n) is 6.66. The van der Waals surface area contributed by atoms with Crippen LogP contribution in [0.5, 0.6) is 5.75 Å². The highest BCUT2D eigenvalue weighted by atomic mass is 35.5. The number of fused-ring (bicyclic) bond motifs is 1. The number of hydrogen-bond acceptors (Lipinski definition) is 3. The number of carbonyl (C=O) groups excluding carboxylic acids is 1. The monoisotopic (exact) mass is 399 g/mol. The molecule has 2 aromatic carbocycles. The third-order valence-electron chi connectivity index (χ3n) is 4.70. The van der Waals surface area contributed by atoms with Crippen LogP contribution in [-0.4, -0.2) is 28.2 Å². The van der Waals surface area contributed by atoms with E-state index in [0.717, 1.165) is 18.2 Å². The fourth-order valence-electron chi connectivity index (χ4n) is 3.24. The summed E-state index contributed by atoms with van der Waals surface area (Å²) >= 11 is 5.92. The quantitative estimate of drug-likeness (QED) is 0.561. The van der Waals surface area contributed by atoms with Crippen molar-refractivity contribution in [3.63, 3.8) is 0 Å². The molecule has 0 atom stereocenters. The number of aliphatic carboxylic acids is 1. The van der Waals surface area contributed by atoms with Gasteiger partial charge in [-0.1, -0.05) is 24.9 Å². The van der Waals surface area contributed by atoms with Crippen molar-refractivity contribution in [2.24, 2.45) is 0 Å². The number of carboxylic acids is 1. The van der Waals surface area contributed by atoms with Gasteiger partial charge >= 0.3 is 5.97 Å². The van der Waals surface area contributed by atoms with Gasteiger partial charge in [-0.2, -0.15) is 0 Å². The minimum absolute atomic E-state index is 0.165. The molecule has 28 heavy (non-hydrogen) atoms. The van der Waals surface area contributed by atoms with Crippen molar-refractivity contribution in [3.8, 4) is 5.75 Å². The van der Waals surface area contributed by atoms with E-state index in [1.54, 1.807) is 35.8 Å². The lowest BCUT2D eigenvalue weighted by atomic mass is 10.1. The molecule has 1 aromatic heterocycles. The standard InChI is InChI=1S/C22H22ClNO4/c1-3-4-11-28-17-9-10-20-19(12-17)18(13-21(25)26)14(2)24(20)22(27)15-5-7-16(23)8-6-15/h5-10,12H,3-4,11,13H2,1-2H3,(H,25,26). The first-order valence-corrected chi connectivity index (χ1v) is 9.59. The summed E-state index contributed by atoms with van der Waals surface area (Å²) in [5.41, 5.74) is 2.37. The van der Waals surface area contributed by atoms with Gasteiger partial charge in [0.15, 0.2) is 0 Å². The topological polar surface area (TPSA) is 68.5 Å². The van der Waals surface area contributed by atoms with Gasteiger partial charge in [0.25, 0.3) is 5.91 Å². The number of carboxylic acid groups (broad SMARTS) is 1. The molecule has 0 spiro atoms. The average Bonchev–Trinajstić information content (AvgIpc) is 2.93. The van der Waals surface area contributed by atoms with Gasteiger partial charge in [0, 0.05) is 21.7 Å². The zero-order valence-corrected chi connectivity index (χ0v) is 16.6. The summed E-state index contributed by atoms with van der Waals surface area (Å²) in [5, 5.41) is 10.6. The van der Waals surface area contributed by atoms with Crippen molar-refractivity contribution in [1.82, 2.24) is 4.57 Å². The van der Waals surface area contributed by atoms with Crippen LogP contribution in [0.15, 0.2) is 42.5 Å². The van der Waals surface area contributed by atoms with E-state index >= 15 is 0 Å². The zero-order valence-electron chi connectivity index (χ0n) is 15.9. The summed E-state index contributed by atoms with van der Waals surface area (Å²) in [4.78, 5) is 24.5. The van der Waals surface area contributed by atoms with Crippen LogP contribution >= 0.6 is 11.6 Å². The van der Waals surface area contributed by atoms with Crippen LogP contribution in [0.3, 0.4) is 0 Å². The summed E-state index contributed by atoms with van der Waals surface area (Å²) in [6.45, 7) is 4.45. The van der Waals surface area contributed by atoms with Gasteiger partial charge in [0.1, 0.15) is 5.75 Å². The number of halogens is 1. The van der Waals surface area contributed by atoms with Crippen molar-refractivity contribution >= 4 is 34.4 Å². The van der Waals surface area contributed by atoms with Crippen molar-refractivity contribution in [2.45, 2.75) is 33.1 Å². The number of carbonyl (C=O) groups is 2. The van der Waals surface area contributed by atoms with Gasteiger partial charge in [-0.15, -0.1) is 0 Å². The summed E-state index contributed by atoms with van der Waals surface area (Å²) in [6, 6.07) is 12.1. The lowest BCUT2D eigenvalue weighted by molar-refractivity contribution is -0.136. The van der Waals surface area contributed by atoms with Crippen LogP contribution in [0, 0.1) is 6.92 Å². The summed E-state index contributed by atoms with van der Waals surface area (Å²) in [7, 11) is 0. The zero-order chi connectivity index (χ0) is 20.3. The molecule has 0 amide bonds. The Bertz CT molecular complexity index is 1020. The maximum Gasteiger partial charge on any atom is 0.307 e. The van der Waals surface area contributed by atoms with Gasteiger partial charge in [0.05, 0.1) is 18.5 Å². The molecule has 1 N–H and O–H groups in total. The Balaban J connectivity index is 2.11. The Morgan fingerprint density at radius 3 is 2.50 bits per heavy atom. The fraction of sp³-hybridized carbons (Fsp3) is 0.273. The molecule has 0 bridgehead atoms. The molecule has 0 unspecified atom stereocenters. The van der Waals surface area contributed by atoms with E-state index in [1.165, 1.54) is 0 Å². The lowest BCUT2D eigenvalue weighted by Crippen LogP contribution is -2.14. The first-order valence-electron chi connectivity index (χ1n) is 9.21. The molecule has 0 fully saturated rings. The third kappa shape index (κ3) is 4.04. The van der Waals surface area contributed by atoms with E-state index < -0.39 is 5.97 Å². The van der Waals surface area contributed by atoms with Crippen molar-refractivity contribution < 1.29 is 19.4 Å². The smallest absolute Gasteiger partial charge is 0.307 e. The minimum atomic E-state index is -0.946. The molecule has 0 aliphatic rings. The van der Waals surface area contributed by atoms with Crippen LogP contribution < -0.4 is 4.74 Å². The molecule has 0 saturated carbocycles. The van der Waals surface area contributed by atoms with Gasteiger partial charge in [0.2, 0.25) is 0 Å². The molecular formula is C22H22ClNO4. The molecule has 6 heteroatoms. The molecule has 146 valence electrons. The van der Waals surface area contributed by atoms with Crippen LogP contribution in [0.4, 0.5) is 0 Å². The molecule has 0 aliphatic carbocycles. The molecule has 0 radical (unpaired) electrons. The van der Waals surface area contributed by atoms with Crippen LogP contribution in [0.25, 0.3) is 10.9 Å². The predicted octanol–water partition coefficient (Wildman–Crippen LogP) is 5.10. The van der Waals surface area contributed by atoms with E-state index in [0.29, 0.717) is 39.7 Å².